The van der Waals surface area contributed by atoms with Gasteiger partial charge in [-0.05, 0) is 25.3 Å². The average Bonchev–Trinajstić information content (AvgIpc) is 2.69. The molecule has 4 atom stereocenters. The van der Waals surface area contributed by atoms with Crippen LogP contribution in [0.4, 0.5) is 4.39 Å². The summed E-state index contributed by atoms with van der Waals surface area (Å²) in [4.78, 5) is 15.3. The first-order valence-corrected chi connectivity index (χ1v) is 9.66. The molecule has 0 radical (unpaired) electrons. The summed E-state index contributed by atoms with van der Waals surface area (Å²) in [5.74, 6) is -0.472. The quantitative estimate of drug-likeness (QED) is 0.741. The third-order valence-electron chi connectivity index (χ3n) is 5.93. The molecule has 1 saturated carbocycles. The van der Waals surface area contributed by atoms with E-state index in [1.54, 1.807) is 25.3 Å². The summed E-state index contributed by atoms with van der Waals surface area (Å²) in [5.41, 5.74) is 0.672. The molecule has 27 heavy (non-hydrogen) atoms. The zero-order valence-corrected chi connectivity index (χ0v) is 15.6. The number of rotatable bonds is 5. The maximum Gasteiger partial charge on any atom is 0.173 e. The van der Waals surface area contributed by atoms with Crippen molar-refractivity contribution in [3.63, 3.8) is 0 Å². The summed E-state index contributed by atoms with van der Waals surface area (Å²) in [6.45, 7) is 3.09. The van der Waals surface area contributed by atoms with Gasteiger partial charge in [0.25, 0.3) is 0 Å². The molecule has 0 spiro atoms. The van der Waals surface area contributed by atoms with Crippen molar-refractivity contribution in [3.8, 4) is 0 Å². The zero-order chi connectivity index (χ0) is 18.8. The summed E-state index contributed by atoms with van der Waals surface area (Å²) in [6.07, 6.45) is 3.91. The van der Waals surface area contributed by atoms with Crippen LogP contribution in [0.1, 0.15) is 24.8 Å². The van der Waals surface area contributed by atoms with Crippen LogP contribution in [-0.2, 0) is 19.0 Å². The van der Waals surface area contributed by atoms with Crippen LogP contribution in [0.3, 0.4) is 0 Å². The van der Waals surface area contributed by atoms with Gasteiger partial charge in [0.05, 0.1) is 30.6 Å². The van der Waals surface area contributed by atoms with Crippen molar-refractivity contribution in [1.82, 2.24) is 4.90 Å². The second-order valence-corrected chi connectivity index (χ2v) is 7.58. The van der Waals surface area contributed by atoms with E-state index in [-0.39, 0.29) is 29.8 Å². The van der Waals surface area contributed by atoms with Gasteiger partial charge in [-0.2, -0.15) is 0 Å². The second kappa shape index (κ2) is 8.09. The third kappa shape index (κ3) is 3.66. The molecule has 0 bridgehead atoms. The van der Waals surface area contributed by atoms with Gasteiger partial charge in [0.1, 0.15) is 11.9 Å². The van der Waals surface area contributed by atoms with E-state index in [0.717, 1.165) is 39.0 Å². The number of ether oxygens (including phenoxy) is 3. The first-order chi connectivity index (χ1) is 13.2. The second-order valence-electron chi connectivity index (χ2n) is 7.58. The van der Waals surface area contributed by atoms with Gasteiger partial charge in [0.15, 0.2) is 5.78 Å². The molecule has 1 aliphatic carbocycles. The molecular weight excluding hydrogens is 349 g/mol. The maximum atomic E-state index is 14.2. The highest BCUT2D eigenvalue weighted by atomic mass is 19.1. The zero-order valence-electron chi connectivity index (χ0n) is 15.6. The molecule has 4 rings (SSSR count). The summed E-state index contributed by atoms with van der Waals surface area (Å²) < 4.78 is 31.4. The topological polar surface area (TPSA) is 48.0 Å². The van der Waals surface area contributed by atoms with Gasteiger partial charge in [-0.25, -0.2) is 4.39 Å². The summed E-state index contributed by atoms with van der Waals surface area (Å²) in [6, 6.07) is 6.37. The smallest absolute Gasteiger partial charge is 0.173 e. The lowest BCUT2D eigenvalue weighted by Gasteiger charge is -2.48. The molecule has 146 valence electrons. The molecule has 1 aromatic carbocycles. The Balaban J connectivity index is 1.50. The molecule has 0 amide bonds. The molecule has 1 aromatic rings. The van der Waals surface area contributed by atoms with Gasteiger partial charge in [0.2, 0.25) is 0 Å². The molecule has 0 N–H and O–H groups in total. The number of nitrogens with zero attached hydrogens (tertiary/aromatic N) is 1. The largest absolute Gasteiger partial charge is 0.496 e. The average molecular weight is 375 g/mol. The van der Waals surface area contributed by atoms with Crippen molar-refractivity contribution in [2.75, 3.05) is 33.5 Å². The number of halogens is 1. The van der Waals surface area contributed by atoms with Gasteiger partial charge < -0.3 is 14.2 Å². The van der Waals surface area contributed by atoms with E-state index in [1.807, 2.05) is 0 Å². The minimum atomic E-state index is -0.391. The molecule has 1 saturated heterocycles. The van der Waals surface area contributed by atoms with Crippen molar-refractivity contribution < 1.29 is 23.4 Å². The SMILES string of the molecule is COCCCN1COC2CCC3C(=O)C(c4ccccc4F)=COC3C2C1. The number of Topliss-reactive ketones (excluding diaryl/α,β-unsaturated/α-hetero) is 1. The number of hydrogen-bond donors (Lipinski definition) is 0. The Kier molecular flexibility index (Phi) is 5.57. The fourth-order valence-corrected chi connectivity index (χ4v) is 4.56. The van der Waals surface area contributed by atoms with Gasteiger partial charge in [-0.1, -0.05) is 18.2 Å². The predicted octanol–water partition coefficient (Wildman–Crippen LogP) is 2.86. The number of allylic oxidation sites excluding steroid dienone is 1. The minimum Gasteiger partial charge on any atom is -0.496 e. The van der Waals surface area contributed by atoms with E-state index in [2.05, 4.69) is 4.90 Å². The Morgan fingerprint density at radius 3 is 2.96 bits per heavy atom. The molecule has 3 aliphatic rings. The lowest BCUT2D eigenvalue weighted by atomic mass is 9.71. The first-order valence-electron chi connectivity index (χ1n) is 9.66. The summed E-state index contributed by atoms with van der Waals surface area (Å²) in [7, 11) is 1.70. The lowest BCUT2D eigenvalue weighted by molar-refractivity contribution is -0.170. The van der Waals surface area contributed by atoms with E-state index >= 15 is 0 Å². The van der Waals surface area contributed by atoms with E-state index < -0.39 is 5.82 Å². The fourth-order valence-electron chi connectivity index (χ4n) is 4.56. The molecule has 6 heteroatoms. The molecule has 2 aliphatic heterocycles. The summed E-state index contributed by atoms with van der Waals surface area (Å²) >= 11 is 0. The standard InChI is InChI=1S/C21H26FNO4/c1-25-10-4-9-23-11-16-19(27-13-23)8-7-15-20(24)17(12-26-21(15)16)14-5-2-3-6-18(14)22/h2-3,5-6,12,15-16,19,21H,4,7-11,13H2,1H3. The molecular formula is C21H26FNO4. The Hall–Kier alpha value is -1.76. The normalized spacial score (nSPS) is 30.9. The van der Waals surface area contributed by atoms with Crippen LogP contribution in [0.2, 0.25) is 0 Å². The molecule has 2 fully saturated rings. The highest BCUT2D eigenvalue weighted by Crippen LogP contribution is 2.42. The monoisotopic (exact) mass is 375 g/mol. The molecule has 5 nitrogen and oxygen atoms in total. The van der Waals surface area contributed by atoms with Crippen LogP contribution in [0.5, 0.6) is 0 Å². The van der Waals surface area contributed by atoms with Crippen LogP contribution in [0.25, 0.3) is 5.57 Å². The van der Waals surface area contributed by atoms with E-state index in [4.69, 9.17) is 14.2 Å². The van der Waals surface area contributed by atoms with Gasteiger partial charge in [0, 0.05) is 38.3 Å². The van der Waals surface area contributed by atoms with Gasteiger partial charge >= 0.3 is 0 Å². The van der Waals surface area contributed by atoms with E-state index in [1.165, 1.54) is 12.3 Å². The number of ketones is 1. The van der Waals surface area contributed by atoms with Crippen molar-refractivity contribution >= 4 is 11.4 Å². The number of methoxy groups -OCH3 is 1. The highest BCUT2D eigenvalue weighted by Gasteiger charge is 2.49. The van der Waals surface area contributed by atoms with E-state index in [0.29, 0.717) is 17.9 Å². The Morgan fingerprint density at radius 1 is 1.30 bits per heavy atom. The van der Waals surface area contributed by atoms with Crippen molar-refractivity contribution in [2.45, 2.75) is 31.5 Å². The number of benzene rings is 1. The van der Waals surface area contributed by atoms with Crippen LogP contribution in [-0.4, -0.2) is 56.4 Å². The highest BCUT2D eigenvalue weighted by molar-refractivity contribution is 6.22. The Morgan fingerprint density at radius 2 is 2.15 bits per heavy atom. The van der Waals surface area contributed by atoms with Crippen LogP contribution < -0.4 is 0 Å². The van der Waals surface area contributed by atoms with Crippen LogP contribution in [0.15, 0.2) is 30.5 Å². The van der Waals surface area contributed by atoms with Crippen LogP contribution in [0, 0.1) is 17.7 Å². The van der Waals surface area contributed by atoms with Crippen molar-refractivity contribution in [3.05, 3.63) is 41.9 Å². The lowest BCUT2D eigenvalue weighted by Crippen LogP contribution is -2.56. The molecule has 4 unspecified atom stereocenters. The number of carbonyl (C=O) groups is 1. The Labute approximate surface area is 159 Å². The molecule has 0 aromatic heterocycles. The number of hydrogen-bond acceptors (Lipinski definition) is 5. The summed E-state index contributed by atoms with van der Waals surface area (Å²) in [5, 5.41) is 0. The fraction of sp³-hybridized carbons (Fsp3) is 0.571. The minimum absolute atomic E-state index is 0.00805. The van der Waals surface area contributed by atoms with E-state index in [9.17, 15) is 9.18 Å². The number of fused-ring (bicyclic) bond motifs is 3. The van der Waals surface area contributed by atoms with Gasteiger partial charge in [-0.3, -0.25) is 9.69 Å². The third-order valence-corrected chi connectivity index (χ3v) is 5.93. The van der Waals surface area contributed by atoms with Crippen molar-refractivity contribution in [2.24, 2.45) is 11.8 Å². The predicted molar refractivity (Wildman–Crippen MR) is 98.3 cm³/mol. The van der Waals surface area contributed by atoms with Gasteiger partial charge in [-0.15, -0.1) is 0 Å². The molecule has 2 heterocycles. The first kappa shape index (κ1) is 18.6. The van der Waals surface area contributed by atoms with Crippen molar-refractivity contribution in [1.29, 1.82) is 0 Å². The maximum absolute atomic E-state index is 14.2. The number of carbonyl (C=O) groups excluding carboxylic acids is 1. The van der Waals surface area contributed by atoms with Crippen LogP contribution >= 0.6 is 0 Å². The Bertz CT molecular complexity index is 720.